The van der Waals surface area contributed by atoms with Gasteiger partial charge in [0.25, 0.3) is 0 Å². The van der Waals surface area contributed by atoms with Crippen LogP contribution in [0.25, 0.3) is 0 Å². The van der Waals surface area contributed by atoms with Crippen molar-refractivity contribution < 1.29 is 5.11 Å². The van der Waals surface area contributed by atoms with Crippen molar-refractivity contribution in [3.63, 3.8) is 0 Å². The lowest BCUT2D eigenvalue weighted by molar-refractivity contribution is 0.305. The summed E-state index contributed by atoms with van der Waals surface area (Å²) in [5, 5.41) is 22.6. The molecule has 0 spiro atoms. The third-order valence-electron chi connectivity index (χ3n) is 8.23. The van der Waals surface area contributed by atoms with Crippen molar-refractivity contribution in [2.75, 3.05) is 5.32 Å². The Morgan fingerprint density at radius 1 is 1.16 bits per heavy atom. The zero-order chi connectivity index (χ0) is 28.1. The summed E-state index contributed by atoms with van der Waals surface area (Å²) in [6.07, 6.45) is 14.6. The van der Waals surface area contributed by atoms with Crippen LogP contribution in [0.2, 0.25) is 0 Å². The summed E-state index contributed by atoms with van der Waals surface area (Å²) in [6, 6.07) is 6.92. The average molecular weight is 510 g/mol. The molecule has 0 fully saturated rings. The molecule has 4 nitrogen and oxygen atoms in total. The molecule has 0 radical (unpaired) electrons. The van der Waals surface area contributed by atoms with E-state index in [0.717, 1.165) is 59.6 Å². The van der Waals surface area contributed by atoms with E-state index in [-0.39, 0.29) is 16.6 Å². The summed E-state index contributed by atoms with van der Waals surface area (Å²) in [6.45, 7) is 21.0. The van der Waals surface area contributed by atoms with E-state index in [9.17, 15) is 5.11 Å². The van der Waals surface area contributed by atoms with Crippen molar-refractivity contribution in [1.82, 2.24) is 0 Å². The Labute approximate surface area is 229 Å². The first-order valence-corrected chi connectivity index (χ1v) is 13.7. The zero-order valence-corrected chi connectivity index (χ0v) is 24.0. The number of benzene rings is 1. The average Bonchev–Trinajstić information content (AvgIpc) is 3.04. The van der Waals surface area contributed by atoms with Gasteiger partial charge in [-0.05, 0) is 72.3 Å². The van der Waals surface area contributed by atoms with E-state index in [1.807, 2.05) is 24.3 Å². The molecule has 1 atom stereocenters. The van der Waals surface area contributed by atoms with Gasteiger partial charge in [-0.3, -0.25) is 4.99 Å². The molecule has 1 aromatic carbocycles. The normalized spacial score (nSPS) is 21.1. The fourth-order valence-electron chi connectivity index (χ4n) is 5.36. The fraction of sp³-hybridized carbons (Fsp3) is 0.412. The van der Waals surface area contributed by atoms with Gasteiger partial charge in [-0.1, -0.05) is 78.2 Å². The second-order valence-electron chi connectivity index (χ2n) is 11.3. The Bertz CT molecular complexity index is 1310. The first-order valence-electron chi connectivity index (χ1n) is 13.7. The molecule has 1 aromatic rings. The van der Waals surface area contributed by atoms with Crippen molar-refractivity contribution in [2.24, 2.45) is 4.99 Å². The standard InChI is InChI=1S/C34H43N3O/c1-9-25(24(5)38)17-16-23(4)32-26-21-28-27(33(6,7)18-19-34(28,8)11-3)22-31(26)36-30(29(10-2)37-32)15-13-12-14-20-35/h9,12-13,16-17,21-22,36,38H,1,5,10-11,14-15,18-19H2,2-4,6-8H3/b13-12-,23-16+,25-17+. The van der Waals surface area contributed by atoms with Crippen molar-refractivity contribution in [2.45, 2.75) is 90.9 Å². The molecule has 1 unspecified atom stereocenters. The van der Waals surface area contributed by atoms with Crippen LogP contribution in [0.3, 0.4) is 0 Å². The number of fused-ring (bicyclic) bond motifs is 2. The van der Waals surface area contributed by atoms with Gasteiger partial charge in [0, 0.05) is 28.9 Å². The molecule has 0 aromatic heterocycles. The van der Waals surface area contributed by atoms with Crippen LogP contribution in [0, 0.1) is 11.3 Å². The van der Waals surface area contributed by atoms with Crippen LogP contribution >= 0.6 is 0 Å². The number of nitrogens with zero attached hydrogens (tertiary/aromatic N) is 2. The number of allylic oxidation sites excluding steroid dienone is 7. The summed E-state index contributed by atoms with van der Waals surface area (Å²) in [5.41, 5.74) is 9.74. The molecule has 0 bridgehead atoms. The highest BCUT2D eigenvalue weighted by Gasteiger charge is 2.40. The highest BCUT2D eigenvalue weighted by Crippen LogP contribution is 2.49. The van der Waals surface area contributed by atoms with E-state index in [4.69, 9.17) is 10.3 Å². The van der Waals surface area contributed by atoms with Crippen molar-refractivity contribution in [3.05, 3.63) is 101 Å². The van der Waals surface area contributed by atoms with E-state index in [0.29, 0.717) is 18.4 Å². The minimum absolute atomic E-state index is 0.00970. The number of anilines is 1. The van der Waals surface area contributed by atoms with Gasteiger partial charge >= 0.3 is 0 Å². The van der Waals surface area contributed by atoms with Crippen LogP contribution in [0.4, 0.5) is 5.69 Å². The van der Waals surface area contributed by atoms with Crippen LogP contribution in [-0.4, -0.2) is 10.8 Å². The molecule has 200 valence electrons. The molecule has 2 N–H and O–H groups in total. The molecule has 1 heterocycles. The first-order chi connectivity index (χ1) is 18.0. The van der Waals surface area contributed by atoms with E-state index in [1.165, 1.54) is 11.1 Å². The van der Waals surface area contributed by atoms with Crippen molar-refractivity contribution >= 4 is 11.4 Å². The molecule has 0 saturated heterocycles. The van der Waals surface area contributed by atoms with E-state index in [2.05, 4.69) is 78.2 Å². The van der Waals surface area contributed by atoms with Gasteiger partial charge in [0.05, 0.1) is 23.9 Å². The van der Waals surface area contributed by atoms with E-state index >= 15 is 0 Å². The first kappa shape index (κ1) is 29.0. The van der Waals surface area contributed by atoms with Gasteiger partial charge in [-0.25, -0.2) is 0 Å². The molecule has 1 aliphatic carbocycles. The highest BCUT2D eigenvalue weighted by molar-refractivity contribution is 6.16. The largest absolute Gasteiger partial charge is 0.508 e. The highest BCUT2D eigenvalue weighted by atomic mass is 16.3. The predicted octanol–water partition coefficient (Wildman–Crippen LogP) is 9.25. The Morgan fingerprint density at radius 3 is 2.50 bits per heavy atom. The number of nitrogens with one attached hydrogen (secondary N) is 1. The van der Waals surface area contributed by atoms with Crippen LogP contribution in [0.1, 0.15) is 96.8 Å². The Morgan fingerprint density at radius 2 is 1.89 bits per heavy atom. The maximum atomic E-state index is 9.90. The molecule has 1 aliphatic heterocycles. The number of aliphatic hydroxyl groups is 1. The second-order valence-corrected chi connectivity index (χ2v) is 11.3. The van der Waals surface area contributed by atoms with Gasteiger partial charge in [0.2, 0.25) is 0 Å². The van der Waals surface area contributed by atoms with Crippen molar-refractivity contribution in [3.8, 4) is 6.07 Å². The molecule has 0 amide bonds. The smallest absolute Gasteiger partial charge is 0.115 e. The Balaban J connectivity index is 2.30. The lowest BCUT2D eigenvalue weighted by atomic mass is 9.61. The minimum atomic E-state index is -0.00970. The third kappa shape index (κ3) is 5.94. The minimum Gasteiger partial charge on any atom is -0.508 e. The lowest BCUT2D eigenvalue weighted by Gasteiger charge is -2.44. The van der Waals surface area contributed by atoms with E-state index < -0.39 is 0 Å². The van der Waals surface area contributed by atoms with Crippen LogP contribution in [0.5, 0.6) is 0 Å². The Kier molecular flexibility index (Phi) is 9.05. The summed E-state index contributed by atoms with van der Waals surface area (Å²) in [4.78, 5) is 5.25. The predicted molar refractivity (Wildman–Crippen MR) is 162 cm³/mol. The van der Waals surface area contributed by atoms with Gasteiger partial charge in [-0.2, -0.15) is 5.26 Å². The van der Waals surface area contributed by atoms with Crippen molar-refractivity contribution in [1.29, 1.82) is 5.26 Å². The van der Waals surface area contributed by atoms with Gasteiger partial charge in [0.15, 0.2) is 0 Å². The van der Waals surface area contributed by atoms with Crippen LogP contribution < -0.4 is 5.32 Å². The molecule has 38 heavy (non-hydrogen) atoms. The van der Waals surface area contributed by atoms with Crippen LogP contribution in [0.15, 0.2) is 89.0 Å². The van der Waals surface area contributed by atoms with Gasteiger partial charge in [0.1, 0.15) is 5.76 Å². The third-order valence-corrected chi connectivity index (χ3v) is 8.23. The maximum Gasteiger partial charge on any atom is 0.115 e. The van der Waals surface area contributed by atoms with Crippen LogP contribution in [-0.2, 0) is 10.8 Å². The number of hydrogen-bond acceptors (Lipinski definition) is 4. The molecule has 2 aliphatic rings. The SMILES string of the molecule is C=C/C(=C\C=C(/C)C1=NC(CC)=C(C/C=C\CC#N)Nc2cc3c(cc21)C(C)(CC)CCC3(C)C)C(=C)O. The summed E-state index contributed by atoms with van der Waals surface area (Å²) < 4.78 is 0. The molecule has 4 heteroatoms. The van der Waals surface area contributed by atoms with Gasteiger partial charge in [-0.15, -0.1) is 0 Å². The summed E-state index contributed by atoms with van der Waals surface area (Å²) in [7, 11) is 0. The molecule has 0 saturated carbocycles. The number of aliphatic imine (C=N–C) groups is 1. The quantitative estimate of drug-likeness (QED) is 0.198. The lowest BCUT2D eigenvalue weighted by Crippen LogP contribution is -2.36. The van der Waals surface area contributed by atoms with E-state index in [1.54, 1.807) is 6.08 Å². The molecular weight excluding hydrogens is 466 g/mol. The number of aliphatic hydroxyl groups excluding tert-OH is 1. The monoisotopic (exact) mass is 509 g/mol. The summed E-state index contributed by atoms with van der Waals surface area (Å²) in [5.74, 6) is -0.00970. The second kappa shape index (κ2) is 11.9. The molecular formula is C34H43N3O. The maximum absolute atomic E-state index is 9.90. The number of hydrogen-bond donors (Lipinski definition) is 2. The zero-order valence-electron chi connectivity index (χ0n) is 24.0. The number of nitriles is 1. The summed E-state index contributed by atoms with van der Waals surface area (Å²) >= 11 is 0. The van der Waals surface area contributed by atoms with Gasteiger partial charge < -0.3 is 10.4 Å². The topological polar surface area (TPSA) is 68.4 Å². The number of rotatable bonds is 9. The molecule has 3 rings (SSSR count). The fourth-order valence-corrected chi connectivity index (χ4v) is 5.36. The Hall–Kier alpha value is -3.58.